The Morgan fingerprint density at radius 1 is 0.838 bits per heavy atom. The van der Waals surface area contributed by atoms with Crippen molar-refractivity contribution < 1.29 is 4.79 Å². The lowest BCUT2D eigenvalue weighted by Crippen LogP contribution is -2.48. The Kier molecular flexibility index (Phi) is 6.39. The van der Waals surface area contributed by atoms with Crippen molar-refractivity contribution in [2.75, 3.05) is 26.2 Å². The van der Waals surface area contributed by atoms with Gasteiger partial charge in [0.25, 0.3) is 5.91 Å². The molecule has 7 nitrogen and oxygen atoms in total. The number of halogens is 1. The highest BCUT2D eigenvalue weighted by Crippen LogP contribution is 2.29. The molecule has 1 aliphatic heterocycles. The molecule has 4 heterocycles. The minimum atomic E-state index is -0.0498. The van der Waals surface area contributed by atoms with Gasteiger partial charge in [0.2, 0.25) is 0 Å². The lowest BCUT2D eigenvalue weighted by atomic mass is 10.1. The number of carbonyl (C=O) groups is 1. The van der Waals surface area contributed by atoms with Crippen LogP contribution in [0.1, 0.15) is 16.2 Å². The summed E-state index contributed by atoms with van der Waals surface area (Å²) in [4.78, 5) is 30.1. The number of imidazole rings is 1. The number of aromatic nitrogens is 4. The van der Waals surface area contributed by atoms with Crippen molar-refractivity contribution in [1.82, 2.24) is 29.2 Å². The van der Waals surface area contributed by atoms with Gasteiger partial charge in [-0.2, -0.15) is 0 Å². The van der Waals surface area contributed by atoms with Gasteiger partial charge < -0.3 is 9.30 Å². The monoisotopic (exact) mass is 508 g/mol. The van der Waals surface area contributed by atoms with Crippen molar-refractivity contribution in [3.05, 3.63) is 108 Å². The van der Waals surface area contributed by atoms with Crippen LogP contribution >= 0.6 is 11.6 Å². The summed E-state index contributed by atoms with van der Waals surface area (Å²) in [5.74, 6) is -0.0498. The first-order valence-corrected chi connectivity index (χ1v) is 12.6. The van der Waals surface area contributed by atoms with E-state index >= 15 is 0 Å². The summed E-state index contributed by atoms with van der Waals surface area (Å²) in [6, 6.07) is 24.1. The van der Waals surface area contributed by atoms with E-state index in [9.17, 15) is 4.79 Å². The fourth-order valence-electron chi connectivity index (χ4n) is 4.78. The number of hydrogen-bond donors (Lipinski definition) is 0. The van der Waals surface area contributed by atoms with Crippen molar-refractivity contribution in [3.8, 4) is 22.4 Å². The maximum Gasteiger partial charge on any atom is 0.272 e. The second-order valence-corrected chi connectivity index (χ2v) is 9.53. The van der Waals surface area contributed by atoms with Gasteiger partial charge in [-0.1, -0.05) is 54.1 Å². The van der Waals surface area contributed by atoms with Crippen LogP contribution in [0.4, 0.5) is 0 Å². The van der Waals surface area contributed by atoms with Gasteiger partial charge in [0, 0.05) is 55.7 Å². The van der Waals surface area contributed by atoms with E-state index in [-0.39, 0.29) is 5.91 Å². The Morgan fingerprint density at radius 3 is 2.32 bits per heavy atom. The fourth-order valence-corrected chi connectivity index (χ4v) is 4.91. The summed E-state index contributed by atoms with van der Waals surface area (Å²) in [5, 5.41) is 0.699. The summed E-state index contributed by atoms with van der Waals surface area (Å²) in [5.41, 5.74) is 6.72. The Hall–Kier alpha value is -4.07. The summed E-state index contributed by atoms with van der Waals surface area (Å²) in [6.07, 6.45) is 5.18. The Balaban J connectivity index is 1.30. The molecule has 8 heteroatoms. The van der Waals surface area contributed by atoms with E-state index < -0.39 is 0 Å². The van der Waals surface area contributed by atoms with Crippen molar-refractivity contribution in [2.24, 2.45) is 0 Å². The van der Waals surface area contributed by atoms with Crippen LogP contribution < -0.4 is 0 Å². The summed E-state index contributed by atoms with van der Waals surface area (Å²) in [6.45, 7) is 3.54. The van der Waals surface area contributed by atoms with Crippen molar-refractivity contribution in [1.29, 1.82) is 0 Å². The van der Waals surface area contributed by atoms with E-state index in [1.54, 1.807) is 12.3 Å². The van der Waals surface area contributed by atoms with Crippen LogP contribution in [0.5, 0.6) is 0 Å². The number of rotatable bonds is 5. The molecule has 0 saturated carbocycles. The summed E-state index contributed by atoms with van der Waals surface area (Å²) < 4.78 is 2.20. The zero-order valence-electron chi connectivity index (χ0n) is 20.2. The van der Waals surface area contributed by atoms with E-state index in [2.05, 4.69) is 61.9 Å². The molecule has 1 fully saturated rings. The molecule has 0 bridgehead atoms. The minimum Gasteiger partial charge on any atom is -0.335 e. The van der Waals surface area contributed by atoms with Crippen LogP contribution in [0.15, 0.2) is 91.5 Å². The number of amides is 1. The molecule has 3 aromatic heterocycles. The lowest BCUT2D eigenvalue weighted by Gasteiger charge is -2.34. The molecule has 5 aromatic rings. The molecule has 0 spiro atoms. The molecule has 0 unspecified atom stereocenters. The topological polar surface area (TPSA) is 66.6 Å². The molecule has 2 aromatic carbocycles. The summed E-state index contributed by atoms with van der Waals surface area (Å²) in [7, 11) is 0. The molecule has 37 heavy (non-hydrogen) atoms. The van der Waals surface area contributed by atoms with E-state index in [4.69, 9.17) is 16.6 Å². The number of benzene rings is 2. The van der Waals surface area contributed by atoms with Crippen LogP contribution in [-0.2, 0) is 6.54 Å². The average molecular weight is 509 g/mol. The van der Waals surface area contributed by atoms with E-state index in [1.165, 1.54) is 6.33 Å². The van der Waals surface area contributed by atoms with E-state index in [0.29, 0.717) is 30.4 Å². The molecule has 0 N–H and O–H groups in total. The number of hydrogen-bond acceptors (Lipinski definition) is 5. The first kappa shape index (κ1) is 23.3. The van der Waals surface area contributed by atoms with Gasteiger partial charge in [0.1, 0.15) is 17.7 Å². The van der Waals surface area contributed by atoms with E-state index in [1.807, 2.05) is 35.2 Å². The van der Waals surface area contributed by atoms with Crippen LogP contribution in [0, 0.1) is 0 Å². The minimum absolute atomic E-state index is 0.0498. The van der Waals surface area contributed by atoms with Crippen molar-refractivity contribution in [2.45, 2.75) is 6.54 Å². The smallest absolute Gasteiger partial charge is 0.272 e. The third kappa shape index (κ3) is 4.83. The number of pyridine rings is 1. The first-order valence-electron chi connectivity index (χ1n) is 12.3. The second kappa shape index (κ2) is 10.1. The van der Waals surface area contributed by atoms with Gasteiger partial charge in [-0.25, -0.2) is 15.0 Å². The van der Waals surface area contributed by atoms with Crippen LogP contribution in [-0.4, -0.2) is 61.2 Å². The fraction of sp³-hybridized carbons (Fsp3) is 0.172. The van der Waals surface area contributed by atoms with Gasteiger partial charge in [-0.15, -0.1) is 0 Å². The number of fused-ring (bicyclic) bond motifs is 1. The highest BCUT2D eigenvalue weighted by Gasteiger charge is 2.25. The largest absolute Gasteiger partial charge is 0.335 e. The Morgan fingerprint density at radius 2 is 1.59 bits per heavy atom. The average Bonchev–Trinajstić information content (AvgIpc) is 3.32. The van der Waals surface area contributed by atoms with Crippen LogP contribution in [0.3, 0.4) is 0 Å². The van der Waals surface area contributed by atoms with Gasteiger partial charge in [-0.3, -0.25) is 9.69 Å². The molecular weight excluding hydrogens is 484 g/mol. The van der Waals surface area contributed by atoms with Crippen LogP contribution in [0.25, 0.3) is 28.0 Å². The molecule has 1 amide bonds. The van der Waals surface area contributed by atoms with Crippen LogP contribution in [0.2, 0.25) is 5.02 Å². The third-order valence-electron chi connectivity index (χ3n) is 6.78. The quantitative estimate of drug-likeness (QED) is 0.331. The summed E-state index contributed by atoms with van der Waals surface area (Å²) >= 11 is 6.17. The zero-order valence-corrected chi connectivity index (χ0v) is 20.9. The second-order valence-electron chi connectivity index (χ2n) is 9.09. The van der Waals surface area contributed by atoms with Gasteiger partial charge in [-0.05, 0) is 41.5 Å². The van der Waals surface area contributed by atoms with Gasteiger partial charge in [0.15, 0.2) is 0 Å². The maximum atomic E-state index is 12.8. The number of carbonyl (C=O) groups excluding carboxylic acids is 1. The number of nitrogens with zero attached hydrogens (tertiary/aromatic N) is 6. The highest BCUT2D eigenvalue weighted by atomic mass is 35.5. The standard InChI is InChI=1S/C29H25ClN6O/c30-24-9-6-22(7-10-24)28-26(36-18-23(8-11-27(36)33-28)21-4-2-1-3-5-21)19-34-14-16-35(17-15-34)29(37)25-12-13-31-20-32-25/h1-13,18,20H,14-17,19H2. The van der Waals surface area contributed by atoms with Gasteiger partial charge >= 0.3 is 0 Å². The maximum absolute atomic E-state index is 12.8. The van der Waals surface area contributed by atoms with E-state index in [0.717, 1.165) is 46.8 Å². The molecular formula is C29H25ClN6O. The third-order valence-corrected chi connectivity index (χ3v) is 7.03. The molecule has 0 atom stereocenters. The molecule has 1 aliphatic rings. The molecule has 6 rings (SSSR count). The molecule has 1 saturated heterocycles. The molecule has 0 radical (unpaired) electrons. The highest BCUT2D eigenvalue weighted by molar-refractivity contribution is 6.30. The predicted octanol–water partition coefficient (Wildman–Crippen LogP) is 5.07. The zero-order chi connectivity index (χ0) is 25.2. The molecule has 184 valence electrons. The Bertz CT molecular complexity index is 1530. The Labute approximate surface area is 220 Å². The van der Waals surface area contributed by atoms with Gasteiger partial charge in [0.05, 0.1) is 11.4 Å². The lowest BCUT2D eigenvalue weighted by molar-refractivity contribution is 0.0621. The predicted molar refractivity (Wildman–Crippen MR) is 144 cm³/mol. The SMILES string of the molecule is O=C(c1ccncn1)N1CCN(Cc2c(-c3ccc(Cl)cc3)nc3ccc(-c4ccccc4)cn23)CC1. The number of piperazine rings is 1. The van der Waals surface area contributed by atoms with Crippen molar-refractivity contribution >= 4 is 23.2 Å². The molecule has 0 aliphatic carbocycles. The van der Waals surface area contributed by atoms with Crippen molar-refractivity contribution in [3.63, 3.8) is 0 Å². The normalized spacial score (nSPS) is 14.2. The first-order chi connectivity index (χ1) is 18.2.